The van der Waals surface area contributed by atoms with Crippen molar-refractivity contribution in [3.8, 4) is 6.07 Å². The summed E-state index contributed by atoms with van der Waals surface area (Å²) in [6, 6.07) is 11.1. The summed E-state index contributed by atoms with van der Waals surface area (Å²) in [5.41, 5.74) is 6.45. The molecule has 3 amide bonds. The van der Waals surface area contributed by atoms with Crippen molar-refractivity contribution in [2.24, 2.45) is 11.7 Å². The lowest BCUT2D eigenvalue weighted by atomic mass is 9.97. The number of likely N-dealkylation sites (tertiary alicyclic amines) is 1. The largest absolute Gasteiger partial charge is 0.364 e. The number of halogens is 1. The van der Waals surface area contributed by atoms with Gasteiger partial charge in [-0.15, -0.1) is 0 Å². The van der Waals surface area contributed by atoms with Gasteiger partial charge in [-0.2, -0.15) is 10.4 Å². The van der Waals surface area contributed by atoms with Crippen LogP contribution in [0, 0.1) is 17.2 Å². The van der Waals surface area contributed by atoms with E-state index in [-0.39, 0.29) is 52.5 Å². The van der Waals surface area contributed by atoms with E-state index in [9.17, 15) is 14.4 Å². The molecule has 2 bridgehead atoms. The van der Waals surface area contributed by atoms with E-state index in [0.717, 1.165) is 19.3 Å². The number of para-hydroxylation sites is 1. The third-order valence-electron chi connectivity index (χ3n) is 6.49. The van der Waals surface area contributed by atoms with Crippen LogP contribution in [0.15, 0.2) is 36.4 Å². The van der Waals surface area contributed by atoms with E-state index < -0.39 is 11.9 Å². The Balaban J connectivity index is 1.41. The molecule has 0 unspecified atom stereocenters. The highest BCUT2D eigenvalue weighted by molar-refractivity contribution is 6.29. The number of primary amides is 1. The smallest absolute Gasteiger partial charge is 0.269 e. The Kier molecular flexibility index (Phi) is 5.42. The number of hydrogen-bond donors (Lipinski definition) is 2. The van der Waals surface area contributed by atoms with Crippen molar-refractivity contribution in [3.63, 3.8) is 0 Å². The lowest BCUT2D eigenvalue weighted by Gasteiger charge is -2.34. The van der Waals surface area contributed by atoms with Crippen LogP contribution >= 0.6 is 11.6 Å². The number of nitrogens with two attached hydrogens (primary N) is 1. The van der Waals surface area contributed by atoms with Gasteiger partial charge in [-0.25, -0.2) is 4.98 Å². The van der Waals surface area contributed by atoms with E-state index in [2.05, 4.69) is 15.4 Å². The van der Waals surface area contributed by atoms with Crippen LogP contribution in [-0.2, 0) is 16.1 Å². The van der Waals surface area contributed by atoms with Gasteiger partial charge < -0.3 is 16.0 Å². The fourth-order valence-corrected chi connectivity index (χ4v) is 5.36. The molecular formula is C23H20ClN7O3. The van der Waals surface area contributed by atoms with Crippen molar-refractivity contribution in [2.75, 3.05) is 5.32 Å². The third kappa shape index (κ3) is 3.74. The Bertz CT molecular complexity index is 1380. The molecule has 5 rings (SSSR count). The van der Waals surface area contributed by atoms with Gasteiger partial charge in [0.25, 0.3) is 5.91 Å². The zero-order valence-corrected chi connectivity index (χ0v) is 18.7. The first kappa shape index (κ1) is 21.9. The Morgan fingerprint density at radius 2 is 2.03 bits per heavy atom. The van der Waals surface area contributed by atoms with Crippen molar-refractivity contribution in [3.05, 3.63) is 52.8 Å². The number of nitriles is 1. The molecule has 1 aromatic carbocycles. The molecule has 3 heterocycles. The molecule has 1 aliphatic carbocycles. The van der Waals surface area contributed by atoms with Crippen LogP contribution in [0.1, 0.15) is 35.3 Å². The molecule has 3 N–H and O–H groups in total. The van der Waals surface area contributed by atoms with Crippen LogP contribution in [-0.4, -0.2) is 49.5 Å². The van der Waals surface area contributed by atoms with Gasteiger partial charge in [0, 0.05) is 11.4 Å². The second-order valence-electron chi connectivity index (χ2n) is 8.53. The van der Waals surface area contributed by atoms with Crippen molar-refractivity contribution >= 4 is 46.0 Å². The van der Waals surface area contributed by atoms with Gasteiger partial charge in [0.2, 0.25) is 11.8 Å². The zero-order chi connectivity index (χ0) is 24.0. The molecule has 0 spiro atoms. The maximum absolute atomic E-state index is 13.4. The predicted octanol–water partition coefficient (Wildman–Crippen LogP) is 2.07. The number of fused-ring (bicyclic) bond motifs is 3. The molecule has 2 aromatic heterocycles. The number of carbonyl (C=O) groups excluding carboxylic acids is 3. The zero-order valence-electron chi connectivity index (χ0n) is 17.9. The maximum Gasteiger partial charge on any atom is 0.269 e. The Labute approximate surface area is 199 Å². The molecule has 1 saturated carbocycles. The van der Waals surface area contributed by atoms with E-state index in [1.165, 1.54) is 16.8 Å². The molecule has 10 nitrogen and oxygen atoms in total. The summed E-state index contributed by atoms with van der Waals surface area (Å²) >= 11 is 5.96. The molecule has 2 fully saturated rings. The summed E-state index contributed by atoms with van der Waals surface area (Å²) in [6.45, 7) is -0.130. The first-order valence-electron chi connectivity index (χ1n) is 10.8. The number of pyridine rings is 1. The first-order valence-corrected chi connectivity index (χ1v) is 11.2. The van der Waals surface area contributed by atoms with E-state index in [1.807, 2.05) is 6.07 Å². The van der Waals surface area contributed by atoms with Gasteiger partial charge >= 0.3 is 0 Å². The minimum absolute atomic E-state index is 0.0270. The Morgan fingerprint density at radius 1 is 1.24 bits per heavy atom. The van der Waals surface area contributed by atoms with Crippen LogP contribution in [0.2, 0.25) is 5.15 Å². The minimum Gasteiger partial charge on any atom is -0.364 e. The highest BCUT2D eigenvalue weighted by atomic mass is 35.5. The van der Waals surface area contributed by atoms with Crippen LogP contribution < -0.4 is 11.1 Å². The van der Waals surface area contributed by atoms with E-state index in [0.29, 0.717) is 10.9 Å². The molecule has 1 aliphatic heterocycles. The van der Waals surface area contributed by atoms with Gasteiger partial charge in [-0.3, -0.25) is 19.1 Å². The van der Waals surface area contributed by atoms with Crippen LogP contribution in [0.3, 0.4) is 0 Å². The summed E-state index contributed by atoms with van der Waals surface area (Å²) in [6.07, 6.45) is 2.40. The Morgan fingerprint density at radius 3 is 2.79 bits per heavy atom. The number of piperidine rings is 1. The quantitative estimate of drug-likeness (QED) is 0.537. The number of rotatable bonds is 5. The molecule has 11 heteroatoms. The predicted molar refractivity (Wildman–Crippen MR) is 123 cm³/mol. The molecule has 0 radical (unpaired) electrons. The molecule has 172 valence electrons. The molecule has 1 saturated heterocycles. The fourth-order valence-electron chi connectivity index (χ4n) is 5.15. The third-order valence-corrected chi connectivity index (χ3v) is 6.69. The number of aromatic nitrogens is 3. The second kappa shape index (κ2) is 8.43. The Hall–Kier alpha value is -3.97. The van der Waals surface area contributed by atoms with Crippen molar-refractivity contribution in [2.45, 2.75) is 37.9 Å². The van der Waals surface area contributed by atoms with Gasteiger partial charge in [-0.05, 0) is 43.4 Å². The summed E-state index contributed by atoms with van der Waals surface area (Å²) in [4.78, 5) is 44.2. The highest BCUT2D eigenvalue weighted by Gasteiger charge is 2.51. The van der Waals surface area contributed by atoms with Crippen LogP contribution in [0.25, 0.3) is 10.9 Å². The number of amides is 3. The topological polar surface area (TPSA) is 147 Å². The maximum atomic E-state index is 13.4. The molecule has 2 aliphatic rings. The summed E-state index contributed by atoms with van der Waals surface area (Å²) in [5, 5.41) is 16.8. The van der Waals surface area contributed by atoms with Crippen molar-refractivity contribution < 1.29 is 14.4 Å². The number of carbonyl (C=O) groups is 3. The van der Waals surface area contributed by atoms with E-state index in [1.54, 1.807) is 29.2 Å². The van der Waals surface area contributed by atoms with Gasteiger partial charge in [0.15, 0.2) is 5.69 Å². The van der Waals surface area contributed by atoms with Crippen LogP contribution in [0.4, 0.5) is 5.82 Å². The average Bonchev–Trinajstić information content (AvgIpc) is 3.52. The molecular weight excluding hydrogens is 458 g/mol. The summed E-state index contributed by atoms with van der Waals surface area (Å²) in [5.74, 6) is -1.13. The standard InChI is InChI=1S/C23H20ClN7O3/c24-17-7-12(10-25)8-18(27-17)28-23(34)21-13-5-6-14(9-13)31(21)19(32)11-30-16-4-2-1-3-15(16)20(29-30)22(26)33/h1-4,7-8,13-14,21H,5-6,9,11H2,(H2,26,33)(H,27,28,34)/t13-,14+,21-/m0/s1. The van der Waals surface area contributed by atoms with E-state index in [4.69, 9.17) is 22.6 Å². The number of benzene rings is 1. The molecule has 3 atom stereocenters. The number of anilines is 1. The number of nitrogens with zero attached hydrogens (tertiary/aromatic N) is 5. The lowest BCUT2D eigenvalue weighted by Crippen LogP contribution is -2.52. The second-order valence-corrected chi connectivity index (χ2v) is 8.91. The van der Waals surface area contributed by atoms with E-state index >= 15 is 0 Å². The number of nitrogens with one attached hydrogen (secondary N) is 1. The van der Waals surface area contributed by atoms with Gasteiger partial charge in [0.05, 0.1) is 17.1 Å². The fraction of sp³-hybridized carbons (Fsp3) is 0.304. The normalized spacial score (nSPS) is 20.9. The van der Waals surface area contributed by atoms with Crippen molar-refractivity contribution in [1.29, 1.82) is 5.26 Å². The first-order chi connectivity index (χ1) is 16.4. The SMILES string of the molecule is N#Cc1cc(Cl)nc(NC(=O)[C@@H]2[C@H]3CC[C@H](C3)N2C(=O)Cn2nc(C(N)=O)c3ccccc32)c1. The van der Waals surface area contributed by atoms with Crippen LogP contribution in [0.5, 0.6) is 0 Å². The number of hydrogen-bond acceptors (Lipinski definition) is 6. The monoisotopic (exact) mass is 477 g/mol. The molecule has 34 heavy (non-hydrogen) atoms. The lowest BCUT2D eigenvalue weighted by molar-refractivity contribution is -0.141. The summed E-state index contributed by atoms with van der Waals surface area (Å²) < 4.78 is 1.45. The highest BCUT2D eigenvalue weighted by Crippen LogP contribution is 2.43. The van der Waals surface area contributed by atoms with Crippen molar-refractivity contribution in [1.82, 2.24) is 19.7 Å². The minimum atomic E-state index is -0.675. The summed E-state index contributed by atoms with van der Waals surface area (Å²) in [7, 11) is 0. The average molecular weight is 478 g/mol. The molecule has 3 aromatic rings. The van der Waals surface area contributed by atoms with Gasteiger partial charge in [-0.1, -0.05) is 29.8 Å². The van der Waals surface area contributed by atoms with Gasteiger partial charge in [0.1, 0.15) is 23.6 Å².